The Kier molecular flexibility index (Phi) is 5.20. The van der Waals surface area contributed by atoms with Gasteiger partial charge in [-0.3, -0.25) is 0 Å². The Labute approximate surface area is 173 Å². The van der Waals surface area contributed by atoms with Gasteiger partial charge in [0.1, 0.15) is 0 Å². The summed E-state index contributed by atoms with van der Waals surface area (Å²) in [4.78, 5) is 14.5. The van der Waals surface area contributed by atoms with Crippen molar-refractivity contribution in [2.24, 2.45) is 0 Å². The number of carboxylic acids is 1. The molecule has 3 aromatic rings. The van der Waals surface area contributed by atoms with Crippen LogP contribution in [0.2, 0.25) is 0 Å². The van der Waals surface area contributed by atoms with Crippen molar-refractivity contribution in [3.63, 3.8) is 0 Å². The molecule has 1 heterocycles. The second-order valence-electron chi connectivity index (χ2n) is 9.20. The number of aromatic nitrogens is 1. The molecule has 0 radical (unpaired) electrons. The number of benzene rings is 2. The van der Waals surface area contributed by atoms with Crippen LogP contribution in [0.5, 0.6) is 0 Å². The van der Waals surface area contributed by atoms with E-state index in [-0.39, 0.29) is 18.3 Å². The van der Waals surface area contributed by atoms with Gasteiger partial charge >= 0.3 is 5.97 Å². The van der Waals surface area contributed by atoms with Crippen molar-refractivity contribution in [2.75, 3.05) is 0 Å². The number of rotatable bonds is 3. The highest BCUT2D eigenvalue weighted by atomic mass is 16.4. The number of carboxylic acid groups (broad SMARTS) is 1. The smallest absolute Gasteiger partial charge is 0.335 e. The molecule has 1 aliphatic rings. The van der Waals surface area contributed by atoms with E-state index in [2.05, 4.69) is 63.0 Å². The SMILES string of the molecule is C.CC1(C)CCC(C)(C)c2cc(-c3ccc(-c4ccc(C(=O)O)cc4)[nH]3)ccc21. The Hall–Kier alpha value is -2.81. The van der Waals surface area contributed by atoms with Crippen LogP contribution < -0.4 is 0 Å². The van der Waals surface area contributed by atoms with E-state index in [1.807, 2.05) is 12.1 Å². The van der Waals surface area contributed by atoms with Gasteiger partial charge in [0.2, 0.25) is 0 Å². The van der Waals surface area contributed by atoms with Crippen LogP contribution in [0.15, 0.2) is 54.6 Å². The highest BCUT2D eigenvalue weighted by Gasteiger charge is 2.37. The lowest BCUT2D eigenvalue weighted by atomic mass is 9.63. The van der Waals surface area contributed by atoms with Crippen LogP contribution in [0.3, 0.4) is 0 Å². The number of nitrogens with one attached hydrogen (secondary N) is 1. The molecule has 152 valence electrons. The number of aromatic amines is 1. The Morgan fingerprint density at radius 3 is 1.90 bits per heavy atom. The van der Waals surface area contributed by atoms with Gasteiger partial charge in [0, 0.05) is 11.4 Å². The normalized spacial score (nSPS) is 16.6. The predicted molar refractivity (Wildman–Crippen MR) is 121 cm³/mol. The zero-order chi connectivity index (χ0) is 20.1. The lowest BCUT2D eigenvalue weighted by molar-refractivity contribution is 0.0697. The monoisotopic (exact) mass is 389 g/mol. The van der Waals surface area contributed by atoms with Crippen LogP contribution >= 0.6 is 0 Å². The Morgan fingerprint density at radius 2 is 1.31 bits per heavy atom. The zero-order valence-electron chi connectivity index (χ0n) is 17.0. The topological polar surface area (TPSA) is 53.1 Å². The molecule has 3 heteroatoms. The molecule has 1 aliphatic carbocycles. The average molecular weight is 390 g/mol. The second kappa shape index (κ2) is 7.22. The first-order chi connectivity index (χ1) is 13.2. The van der Waals surface area contributed by atoms with E-state index in [9.17, 15) is 4.79 Å². The van der Waals surface area contributed by atoms with Crippen LogP contribution in [0.25, 0.3) is 22.5 Å². The van der Waals surface area contributed by atoms with Gasteiger partial charge in [0.05, 0.1) is 5.56 Å². The highest BCUT2D eigenvalue weighted by Crippen LogP contribution is 2.46. The molecule has 1 aromatic heterocycles. The van der Waals surface area contributed by atoms with Gasteiger partial charge in [-0.15, -0.1) is 0 Å². The maximum Gasteiger partial charge on any atom is 0.335 e. The molecule has 0 bridgehead atoms. The van der Waals surface area contributed by atoms with E-state index in [1.54, 1.807) is 12.1 Å². The van der Waals surface area contributed by atoms with Crippen LogP contribution in [-0.4, -0.2) is 16.1 Å². The van der Waals surface area contributed by atoms with Gasteiger partial charge < -0.3 is 10.1 Å². The largest absolute Gasteiger partial charge is 0.478 e. The van der Waals surface area contributed by atoms with Crippen molar-refractivity contribution in [2.45, 2.75) is 58.8 Å². The fourth-order valence-electron chi connectivity index (χ4n) is 4.28. The summed E-state index contributed by atoms with van der Waals surface area (Å²) in [6.45, 7) is 9.37. The molecule has 0 spiro atoms. The molecule has 0 unspecified atom stereocenters. The summed E-state index contributed by atoms with van der Waals surface area (Å²) in [5.41, 5.74) is 7.86. The molecule has 3 nitrogen and oxygen atoms in total. The van der Waals surface area contributed by atoms with Crippen molar-refractivity contribution < 1.29 is 9.90 Å². The van der Waals surface area contributed by atoms with Crippen LogP contribution in [0, 0.1) is 0 Å². The lowest BCUT2D eigenvalue weighted by Crippen LogP contribution is -2.33. The Balaban J connectivity index is 0.00000240. The number of aromatic carboxylic acids is 1. The maximum absolute atomic E-state index is 11.0. The minimum Gasteiger partial charge on any atom is -0.478 e. The standard InChI is InChI=1S/C25H27NO2.CH4/c1-24(2)13-14-25(3,4)20-15-18(9-10-19(20)24)22-12-11-21(26-22)16-5-7-17(8-6-16)23(27)28;/h5-12,15,26H,13-14H2,1-4H3,(H,27,28);1H4. The van der Waals surface area contributed by atoms with Crippen molar-refractivity contribution >= 4 is 5.97 Å². The van der Waals surface area contributed by atoms with E-state index < -0.39 is 5.97 Å². The summed E-state index contributed by atoms with van der Waals surface area (Å²) in [5, 5.41) is 9.07. The van der Waals surface area contributed by atoms with Gasteiger partial charge in [-0.25, -0.2) is 4.79 Å². The second-order valence-corrected chi connectivity index (χ2v) is 9.20. The van der Waals surface area contributed by atoms with Gasteiger partial charge in [-0.2, -0.15) is 0 Å². The van der Waals surface area contributed by atoms with Crippen molar-refractivity contribution in [3.05, 3.63) is 71.3 Å². The van der Waals surface area contributed by atoms with Crippen LogP contribution in [-0.2, 0) is 10.8 Å². The molecule has 4 rings (SSSR count). The summed E-state index contributed by atoms with van der Waals surface area (Å²) in [5.74, 6) is -0.904. The third kappa shape index (κ3) is 3.74. The average Bonchev–Trinajstić information content (AvgIpc) is 3.15. The number of carbonyl (C=O) groups is 1. The van der Waals surface area contributed by atoms with Crippen molar-refractivity contribution in [3.8, 4) is 22.5 Å². The van der Waals surface area contributed by atoms with Crippen LogP contribution in [0.4, 0.5) is 0 Å². The quantitative estimate of drug-likeness (QED) is 0.505. The van der Waals surface area contributed by atoms with Crippen molar-refractivity contribution in [1.29, 1.82) is 0 Å². The number of fused-ring (bicyclic) bond motifs is 1. The van der Waals surface area contributed by atoms with Crippen molar-refractivity contribution in [1.82, 2.24) is 4.98 Å². The van der Waals surface area contributed by atoms with Gasteiger partial charge in [0.25, 0.3) is 0 Å². The van der Waals surface area contributed by atoms with Gasteiger partial charge in [-0.1, -0.05) is 59.4 Å². The molecule has 0 aliphatic heterocycles. The maximum atomic E-state index is 11.0. The summed E-state index contributed by atoms with van der Waals surface area (Å²) in [7, 11) is 0. The molecular weight excluding hydrogens is 358 g/mol. The third-order valence-electron chi connectivity index (χ3n) is 6.29. The first-order valence-corrected chi connectivity index (χ1v) is 9.85. The molecule has 0 fully saturated rings. The molecule has 0 saturated carbocycles. The molecule has 0 atom stereocenters. The number of H-pyrrole nitrogens is 1. The van der Waals surface area contributed by atoms with Gasteiger partial charge in [-0.05, 0) is 76.3 Å². The summed E-state index contributed by atoms with van der Waals surface area (Å²) in [6.07, 6.45) is 2.41. The van der Waals surface area contributed by atoms with E-state index in [1.165, 1.54) is 29.5 Å². The minimum atomic E-state index is -0.904. The number of hydrogen-bond acceptors (Lipinski definition) is 1. The van der Waals surface area contributed by atoms with E-state index >= 15 is 0 Å². The van der Waals surface area contributed by atoms with E-state index in [0.717, 1.165) is 17.0 Å². The van der Waals surface area contributed by atoms with Gasteiger partial charge in [0.15, 0.2) is 0 Å². The summed E-state index contributed by atoms with van der Waals surface area (Å²) < 4.78 is 0. The van der Waals surface area contributed by atoms with E-state index in [4.69, 9.17) is 5.11 Å². The fraction of sp³-hybridized carbons (Fsp3) is 0.346. The summed E-state index contributed by atoms with van der Waals surface area (Å²) >= 11 is 0. The zero-order valence-corrected chi connectivity index (χ0v) is 17.0. The molecule has 0 amide bonds. The fourth-order valence-corrected chi connectivity index (χ4v) is 4.28. The number of hydrogen-bond donors (Lipinski definition) is 2. The molecule has 0 saturated heterocycles. The first kappa shape index (κ1) is 20.9. The molecule has 2 N–H and O–H groups in total. The van der Waals surface area contributed by atoms with Crippen LogP contribution in [0.1, 0.15) is 69.4 Å². The molecule has 2 aromatic carbocycles. The minimum absolute atomic E-state index is 0. The summed E-state index contributed by atoms with van der Waals surface area (Å²) in [6, 6.07) is 18.0. The Morgan fingerprint density at radius 1 is 0.793 bits per heavy atom. The predicted octanol–water partition coefficient (Wildman–Crippen LogP) is 7.03. The molecule has 29 heavy (non-hydrogen) atoms. The third-order valence-corrected chi connectivity index (χ3v) is 6.29. The van der Waals surface area contributed by atoms with E-state index in [0.29, 0.717) is 5.56 Å². The lowest BCUT2D eigenvalue weighted by Gasteiger charge is -2.42. The first-order valence-electron chi connectivity index (χ1n) is 9.85. The highest BCUT2D eigenvalue weighted by molar-refractivity contribution is 5.88. The Bertz CT molecular complexity index is 1040. The molecular formula is C26H31NO2.